The number of nitrogens with one attached hydrogen (secondary N) is 2. The standard InChI is InChI=1S/C9H11N3O/c13-8-3-6-11-9(12-8)7-1-4-10-5-2-7/h1-2,4-5,9,11H,3,6H2,(H,12,13)/t9-/m1/s1. The molecule has 4 nitrogen and oxygen atoms in total. The summed E-state index contributed by atoms with van der Waals surface area (Å²) in [4.78, 5) is 15.0. The zero-order valence-electron chi connectivity index (χ0n) is 7.16. The summed E-state index contributed by atoms with van der Waals surface area (Å²) in [5.41, 5.74) is 1.04. The van der Waals surface area contributed by atoms with Crippen molar-refractivity contribution in [1.29, 1.82) is 0 Å². The van der Waals surface area contributed by atoms with E-state index in [9.17, 15) is 4.79 Å². The summed E-state index contributed by atoms with van der Waals surface area (Å²) in [6, 6.07) is 3.78. The molecule has 0 unspecified atom stereocenters. The maximum absolute atomic E-state index is 11.1. The minimum absolute atomic E-state index is 0.0516. The van der Waals surface area contributed by atoms with Crippen LogP contribution in [-0.4, -0.2) is 17.4 Å². The molecular formula is C9H11N3O. The third-order valence-corrected chi connectivity index (χ3v) is 2.05. The van der Waals surface area contributed by atoms with E-state index in [1.807, 2.05) is 12.1 Å². The van der Waals surface area contributed by atoms with Crippen molar-refractivity contribution >= 4 is 5.91 Å². The summed E-state index contributed by atoms with van der Waals surface area (Å²) in [6.45, 7) is 0.735. The molecule has 4 heteroatoms. The molecule has 0 spiro atoms. The Morgan fingerprint density at radius 1 is 1.38 bits per heavy atom. The molecule has 1 saturated heterocycles. The molecule has 0 radical (unpaired) electrons. The van der Waals surface area contributed by atoms with Gasteiger partial charge in [-0.15, -0.1) is 0 Å². The second-order valence-electron chi connectivity index (χ2n) is 2.99. The number of carbonyl (C=O) groups excluding carboxylic acids is 1. The molecule has 1 aliphatic rings. The van der Waals surface area contributed by atoms with E-state index in [4.69, 9.17) is 0 Å². The van der Waals surface area contributed by atoms with Crippen LogP contribution in [0.5, 0.6) is 0 Å². The molecule has 68 valence electrons. The summed E-state index contributed by atoms with van der Waals surface area (Å²) >= 11 is 0. The number of hydrogen-bond donors (Lipinski definition) is 2. The lowest BCUT2D eigenvalue weighted by Crippen LogP contribution is -2.44. The average Bonchev–Trinajstić information content (AvgIpc) is 2.19. The molecule has 2 rings (SSSR count). The van der Waals surface area contributed by atoms with Gasteiger partial charge in [-0.1, -0.05) is 0 Å². The van der Waals surface area contributed by atoms with Gasteiger partial charge >= 0.3 is 0 Å². The monoisotopic (exact) mass is 177 g/mol. The quantitative estimate of drug-likeness (QED) is 0.643. The summed E-state index contributed by atoms with van der Waals surface area (Å²) in [6.07, 6.45) is 3.95. The van der Waals surface area contributed by atoms with E-state index in [0.717, 1.165) is 12.1 Å². The van der Waals surface area contributed by atoms with Crippen molar-refractivity contribution in [2.75, 3.05) is 6.54 Å². The summed E-state index contributed by atoms with van der Waals surface area (Å²) in [5, 5.41) is 6.06. The van der Waals surface area contributed by atoms with Crippen molar-refractivity contribution in [3.05, 3.63) is 30.1 Å². The van der Waals surface area contributed by atoms with Crippen molar-refractivity contribution in [1.82, 2.24) is 15.6 Å². The highest BCUT2D eigenvalue weighted by Crippen LogP contribution is 2.10. The fourth-order valence-electron chi connectivity index (χ4n) is 1.37. The Balaban J connectivity index is 2.13. The molecule has 0 saturated carbocycles. The fourth-order valence-corrected chi connectivity index (χ4v) is 1.37. The zero-order chi connectivity index (χ0) is 9.10. The third kappa shape index (κ3) is 1.84. The molecular weight excluding hydrogens is 166 g/mol. The van der Waals surface area contributed by atoms with Crippen LogP contribution in [-0.2, 0) is 4.79 Å². The van der Waals surface area contributed by atoms with Crippen LogP contribution in [0, 0.1) is 0 Å². The lowest BCUT2D eigenvalue weighted by atomic mass is 10.1. The molecule has 1 aliphatic heterocycles. The van der Waals surface area contributed by atoms with E-state index >= 15 is 0 Å². The maximum Gasteiger partial charge on any atom is 0.222 e. The van der Waals surface area contributed by atoms with Gasteiger partial charge in [0.05, 0.1) is 0 Å². The Labute approximate surface area is 76.4 Å². The van der Waals surface area contributed by atoms with Crippen LogP contribution in [0.1, 0.15) is 18.2 Å². The van der Waals surface area contributed by atoms with E-state index < -0.39 is 0 Å². The van der Waals surface area contributed by atoms with Crippen LogP contribution >= 0.6 is 0 Å². The third-order valence-electron chi connectivity index (χ3n) is 2.05. The van der Waals surface area contributed by atoms with Crippen molar-refractivity contribution in [3.8, 4) is 0 Å². The second kappa shape index (κ2) is 3.53. The van der Waals surface area contributed by atoms with E-state index in [2.05, 4.69) is 15.6 Å². The number of amides is 1. The predicted octanol–water partition coefficient (Wildman–Crippen LogP) is 0.190. The summed E-state index contributed by atoms with van der Waals surface area (Å²) in [7, 11) is 0. The van der Waals surface area contributed by atoms with E-state index in [1.165, 1.54) is 0 Å². The topological polar surface area (TPSA) is 54.0 Å². The lowest BCUT2D eigenvalue weighted by Gasteiger charge is -2.24. The van der Waals surface area contributed by atoms with Gasteiger partial charge in [-0.3, -0.25) is 15.1 Å². The lowest BCUT2D eigenvalue weighted by molar-refractivity contribution is -0.123. The Kier molecular flexibility index (Phi) is 2.23. The van der Waals surface area contributed by atoms with E-state index in [1.54, 1.807) is 12.4 Å². The number of rotatable bonds is 1. The molecule has 1 aromatic rings. The zero-order valence-corrected chi connectivity index (χ0v) is 7.16. The van der Waals surface area contributed by atoms with E-state index in [0.29, 0.717) is 6.42 Å². The molecule has 1 aromatic heterocycles. The second-order valence-corrected chi connectivity index (χ2v) is 2.99. The minimum atomic E-state index is -0.0516. The normalized spacial score (nSPS) is 22.5. The molecule has 2 heterocycles. The SMILES string of the molecule is O=C1CCN[C@@H](c2ccncc2)N1. The first-order chi connectivity index (χ1) is 6.36. The van der Waals surface area contributed by atoms with Gasteiger partial charge in [0.2, 0.25) is 5.91 Å². The van der Waals surface area contributed by atoms with Crippen LogP contribution in [0.3, 0.4) is 0 Å². The number of hydrogen-bond acceptors (Lipinski definition) is 3. The Morgan fingerprint density at radius 3 is 2.85 bits per heavy atom. The largest absolute Gasteiger partial charge is 0.337 e. The van der Waals surface area contributed by atoms with Crippen LogP contribution < -0.4 is 10.6 Å². The highest BCUT2D eigenvalue weighted by Gasteiger charge is 2.17. The molecule has 2 N–H and O–H groups in total. The molecule has 0 aromatic carbocycles. The van der Waals surface area contributed by atoms with Crippen molar-refractivity contribution in [3.63, 3.8) is 0 Å². The highest BCUT2D eigenvalue weighted by atomic mass is 16.1. The van der Waals surface area contributed by atoms with Gasteiger partial charge in [0, 0.05) is 25.4 Å². The van der Waals surface area contributed by atoms with Crippen LogP contribution in [0.4, 0.5) is 0 Å². The Bertz CT molecular complexity index is 299. The first-order valence-corrected chi connectivity index (χ1v) is 4.29. The first-order valence-electron chi connectivity index (χ1n) is 4.29. The van der Waals surface area contributed by atoms with Gasteiger partial charge in [-0.05, 0) is 17.7 Å². The first kappa shape index (κ1) is 8.19. The van der Waals surface area contributed by atoms with Gasteiger partial charge in [0.1, 0.15) is 6.17 Å². The molecule has 0 aliphatic carbocycles. The number of nitrogens with zero attached hydrogens (tertiary/aromatic N) is 1. The van der Waals surface area contributed by atoms with Gasteiger partial charge in [0.25, 0.3) is 0 Å². The summed E-state index contributed by atoms with van der Waals surface area (Å²) in [5.74, 6) is 0.0977. The van der Waals surface area contributed by atoms with Crippen LogP contribution in [0.25, 0.3) is 0 Å². The molecule has 0 bridgehead atoms. The van der Waals surface area contributed by atoms with Crippen molar-refractivity contribution < 1.29 is 4.79 Å². The average molecular weight is 177 g/mol. The van der Waals surface area contributed by atoms with Crippen LogP contribution in [0.2, 0.25) is 0 Å². The number of carbonyl (C=O) groups is 1. The van der Waals surface area contributed by atoms with Gasteiger partial charge in [0.15, 0.2) is 0 Å². The predicted molar refractivity (Wildman–Crippen MR) is 47.7 cm³/mol. The fraction of sp³-hybridized carbons (Fsp3) is 0.333. The highest BCUT2D eigenvalue weighted by molar-refractivity contribution is 5.77. The van der Waals surface area contributed by atoms with Crippen molar-refractivity contribution in [2.24, 2.45) is 0 Å². The molecule has 1 fully saturated rings. The summed E-state index contributed by atoms with van der Waals surface area (Å²) < 4.78 is 0. The maximum atomic E-state index is 11.1. The van der Waals surface area contributed by atoms with Gasteiger partial charge in [-0.25, -0.2) is 0 Å². The van der Waals surface area contributed by atoms with Crippen molar-refractivity contribution in [2.45, 2.75) is 12.6 Å². The Morgan fingerprint density at radius 2 is 2.15 bits per heavy atom. The van der Waals surface area contributed by atoms with Crippen LogP contribution in [0.15, 0.2) is 24.5 Å². The molecule has 1 amide bonds. The number of aromatic nitrogens is 1. The molecule has 1 atom stereocenters. The Hall–Kier alpha value is -1.42. The minimum Gasteiger partial charge on any atom is -0.337 e. The smallest absolute Gasteiger partial charge is 0.222 e. The van der Waals surface area contributed by atoms with E-state index in [-0.39, 0.29) is 12.1 Å². The van der Waals surface area contributed by atoms with Gasteiger partial charge in [-0.2, -0.15) is 0 Å². The number of pyridine rings is 1. The molecule has 13 heavy (non-hydrogen) atoms. The van der Waals surface area contributed by atoms with Gasteiger partial charge < -0.3 is 5.32 Å².